The molecule has 2 N–H and O–H groups in total. The minimum atomic E-state index is -0.400. The molecule has 0 radical (unpaired) electrons. The normalized spacial score (nSPS) is 12.2. The summed E-state index contributed by atoms with van der Waals surface area (Å²) in [6.07, 6.45) is 0. The summed E-state index contributed by atoms with van der Waals surface area (Å²) < 4.78 is 1.05. The van der Waals surface area contributed by atoms with Crippen LogP contribution in [0.25, 0.3) is 21.5 Å². The predicted octanol–water partition coefficient (Wildman–Crippen LogP) is 2.72. The molecule has 3 aromatic carbocycles. The first-order chi connectivity index (χ1) is 13.5. The van der Waals surface area contributed by atoms with E-state index in [4.69, 9.17) is 0 Å². The molecule has 4 aromatic rings. The van der Waals surface area contributed by atoms with Gasteiger partial charge in [-0.15, -0.1) is 0 Å². The van der Waals surface area contributed by atoms with Crippen LogP contribution in [0, 0.1) is 0 Å². The number of H-pyrrole nitrogens is 1. The molecule has 6 nitrogen and oxygen atoms in total. The zero-order valence-electron chi connectivity index (χ0n) is 15.3. The fourth-order valence-corrected chi connectivity index (χ4v) is 3.49. The van der Waals surface area contributed by atoms with Crippen LogP contribution in [0.5, 0.6) is 0 Å². The molecule has 1 atom stereocenters. The topological polar surface area (TPSA) is 84.0 Å². The number of aromatic amines is 1. The number of carbonyl (C=O) groups is 1. The van der Waals surface area contributed by atoms with Crippen molar-refractivity contribution in [1.29, 1.82) is 0 Å². The lowest BCUT2D eigenvalue weighted by Gasteiger charge is -2.17. The number of hydrogen-bond donors (Lipinski definition) is 2. The van der Waals surface area contributed by atoms with Crippen molar-refractivity contribution >= 4 is 27.5 Å². The van der Waals surface area contributed by atoms with Gasteiger partial charge in [-0.3, -0.25) is 19.5 Å². The molecule has 0 bridgehead atoms. The number of carbonyl (C=O) groups excluding carboxylic acids is 1. The molecule has 1 heterocycles. The number of nitrogens with zero attached hydrogens (tertiary/aromatic N) is 1. The molecule has 0 spiro atoms. The summed E-state index contributed by atoms with van der Waals surface area (Å²) in [5.74, 6) is -0.353. The average Bonchev–Trinajstić information content (AvgIpc) is 2.71. The van der Waals surface area contributed by atoms with Gasteiger partial charge in [-0.25, -0.2) is 4.68 Å². The lowest BCUT2D eigenvalue weighted by molar-refractivity contribution is -0.122. The number of rotatable bonds is 4. The van der Waals surface area contributed by atoms with Gasteiger partial charge < -0.3 is 5.32 Å². The number of hydrogen-bond acceptors (Lipinski definition) is 3. The standard InChI is InChI=1S/C22H19N3O3/c1-14(16-12-6-8-15-7-2-3-9-17(15)16)23-20(26)13-25-22(28)19-11-5-4-10-18(19)21(27)24-25/h2-12,14H,13H2,1H3,(H,23,26)(H,24,27). The molecule has 0 saturated carbocycles. The zero-order valence-corrected chi connectivity index (χ0v) is 15.3. The van der Waals surface area contributed by atoms with Gasteiger partial charge in [0.2, 0.25) is 5.91 Å². The lowest BCUT2D eigenvalue weighted by Crippen LogP contribution is -2.37. The largest absolute Gasteiger partial charge is 0.348 e. The summed E-state index contributed by atoms with van der Waals surface area (Å²) in [6, 6.07) is 20.2. The molecule has 1 aromatic heterocycles. The van der Waals surface area contributed by atoms with Crippen LogP contribution in [0.4, 0.5) is 0 Å². The van der Waals surface area contributed by atoms with E-state index < -0.39 is 11.1 Å². The van der Waals surface area contributed by atoms with E-state index in [1.165, 1.54) is 0 Å². The summed E-state index contributed by atoms with van der Waals surface area (Å²) >= 11 is 0. The molecule has 4 rings (SSSR count). The molecular weight excluding hydrogens is 354 g/mol. The van der Waals surface area contributed by atoms with Crippen molar-refractivity contribution in [3.05, 3.63) is 93.0 Å². The molecule has 1 unspecified atom stereocenters. The van der Waals surface area contributed by atoms with Crippen LogP contribution in [0.1, 0.15) is 18.5 Å². The van der Waals surface area contributed by atoms with Crippen LogP contribution >= 0.6 is 0 Å². The monoisotopic (exact) mass is 373 g/mol. The van der Waals surface area contributed by atoms with Crippen LogP contribution in [-0.2, 0) is 11.3 Å². The summed E-state index contributed by atoms with van der Waals surface area (Å²) in [5, 5.41) is 8.15. The number of aromatic nitrogens is 2. The highest BCUT2D eigenvalue weighted by Crippen LogP contribution is 2.23. The predicted molar refractivity (Wildman–Crippen MR) is 109 cm³/mol. The van der Waals surface area contributed by atoms with Crippen molar-refractivity contribution in [1.82, 2.24) is 15.1 Å². The van der Waals surface area contributed by atoms with Crippen LogP contribution in [0.15, 0.2) is 76.3 Å². The molecule has 0 aliphatic heterocycles. The molecule has 0 aliphatic rings. The van der Waals surface area contributed by atoms with Crippen molar-refractivity contribution in [2.45, 2.75) is 19.5 Å². The summed E-state index contributed by atoms with van der Waals surface area (Å²) in [5.41, 5.74) is 0.194. The first kappa shape index (κ1) is 17.7. The lowest BCUT2D eigenvalue weighted by atomic mass is 10.00. The maximum Gasteiger partial charge on any atom is 0.273 e. The first-order valence-electron chi connectivity index (χ1n) is 9.03. The van der Waals surface area contributed by atoms with Gasteiger partial charge in [-0.05, 0) is 35.4 Å². The van der Waals surface area contributed by atoms with Crippen molar-refractivity contribution in [3.63, 3.8) is 0 Å². The molecule has 0 aliphatic carbocycles. The second-order valence-corrected chi connectivity index (χ2v) is 6.74. The Bertz CT molecular complexity index is 1300. The third-order valence-electron chi connectivity index (χ3n) is 4.85. The van der Waals surface area contributed by atoms with Gasteiger partial charge >= 0.3 is 0 Å². The van der Waals surface area contributed by atoms with Gasteiger partial charge in [0.1, 0.15) is 6.54 Å². The van der Waals surface area contributed by atoms with Crippen LogP contribution in [-0.4, -0.2) is 15.7 Å². The Labute approximate surface area is 160 Å². The highest BCUT2D eigenvalue weighted by atomic mass is 16.2. The van der Waals surface area contributed by atoms with Crippen LogP contribution < -0.4 is 16.4 Å². The second kappa shape index (κ2) is 7.15. The minimum Gasteiger partial charge on any atom is -0.348 e. The highest BCUT2D eigenvalue weighted by molar-refractivity contribution is 5.87. The van der Waals surface area contributed by atoms with Gasteiger partial charge in [-0.1, -0.05) is 54.6 Å². The Balaban J connectivity index is 1.60. The quantitative estimate of drug-likeness (QED) is 0.577. The van der Waals surface area contributed by atoms with E-state index >= 15 is 0 Å². The summed E-state index contributed by atoms with van der Waals surface area (Å²) in [7, 11) is 0. The second-order valence-electron chi connectivity index (χ2n) is 6.74. The fourth-order valence-electron chi connectivity index (χ4n) is 3.49. The van der Waals surface area contributed by atoms with Crippen LogP contribution in [0.3, 0.4) is 0 Å². The number of fused-ring (bicyclic) bond motifs is 2. The van der Waals surface area contributed by atoms with E-state index in [0.29, 0.717) is 10.8 Å². The van der Waals surface area contributed by atoms with Gasteiger partial charge in [0.25, 0.3) is 11.1 Å². The molecule has 6 heteroatoms. The maximum atomic E-state index is 12.6. The number of nitrogens with one attached hydrogen (secondary N) is 2. The molecular formula is C22H19N3O3. The molecule has 140 valence electrons. The number of benzene rings is 3. The van der Waals surface area contributed by atoms with Crippen molar-refractivity contribution in [3.8, 4) is 0 Å². The minimum absolute atomic E-state index is 0.249. The Morgan fingerprint density at radius 2 is 1.57 bits per heavy atom. The van der Waals surface area contributed by atoms with Gasteiger partial charge in [0.15, 0.2) is 0 Å². The van der Waals surface area contributed by atoms with Crippen molar-refractivity contribution in [2.75, 3.05) is 0 Å². The fraction of sp³-hybridized carbons (Fsp3) is 0.136. The van der Waals surface area contributed by atoms with E-state index in [0.717, 1.165) is 21.0 Å². The van der Waals surface area contributed by atoms with Crippen molar-refractivity contribution in [2.24, 2.45) is 0 Å². The first-order valence-corrected chi connectivity index (χ1v) is 9.03. The number of amides is 1. The van der Waals surface area contributed by atoms with Gasteiger partial charge in [-0.2, -0.15) is 0 Å². The highest BCUT2D eigenvalue weighted by Gasteiger charge is 2.14. The van der Waals surface area contributed by atoms with Crippen molar-refractivity contribution < 1.29 is 4.79 Å². The Hall–Kier alpha value is -3.67. The van der Waals surface area contributed by atoms with E-state index in [2.05, 4.69) is 10.4 Å². The molecule has 28 heavy (non-hydrogen) atoms. The third kappa shape index (κ3) is 3.20. The maximum absolute atomic E-state index is 12.6. The smallest absolute Gasteiger partial charge is 0.273 e. The van der Waals surface area contributed by atoms with E-state index in [1.54, 1.807) is 24.3 Å². The molecule has 0 saturated heterocycles. The SMILES string of the molecule is CC(NC(=O)Cn1[nH]c(=O)c2ccccc2c1=O)c1cccc2ccccc12. The zero-order chi connectivity index (χ0) is 19.7. The van der Waals surface area contributed by atoms with Gasteiger partial charge in [0, 0.05) is 0 Å². The van der Waals surface area contributed by atoms with Crippen LogP contribution in [0.2, 0.25) is 0 Å². The van der Waals surface area contributed by atoms with E-state index in [-0.39, 0.29) is 18.5 Å². The Kier molecular flexibility index (Phi) is 4.53. The van der Waals surface area contributed by atoms with E-state index in [9.17, 15) is 14.4 Å². The molecule has 0 fully saturated rings. The van der Waals surface area contributed by atoms with E-state index in [1.807, 2.05) is 49.4 Å². The summed E-state index contributed by atoms with van der Waals surface area (Å²) in [6.45, 7) is 1.64. The Morgan fingerprint density at radius 3 is 2.36 bits per heavy atom. The molecule has 1 amide bonds. The third-order valence-corrected chi connectivity index (χ3v) is 4.85. The Morgan fingerprint density at radius 1 is 0.929 bits per heavy atom. The summed E-state index contributed by atoms with van der Waals surface area (Å²) in [4.78, 5) is 37.3. The average molecular weight is 373 g/mol. The van der Waals surface area contributed by atoms with Gasteiger partial charge in [0.05, 0.1) is 16.8 Å².